The quantitative estimate of drug-likeness (QED) is 0.870. The van der Waals surface area contributed by atoms with Crippen LogP contribution in [0.5, 0.6) is 5.75 Å². The molecule has 0 aliphatic carbocycles. The molecular weight excluding hydrogens is 321 g/mol. The van der Waals surface area contributed by atoms with Crippen molar-refractivity contribution in [3.63, 3.8) is 0 Å². The maximum Gasteiger partial charge on any atom is 0.433 e. The standard InChI is InChI=1S/C13H11F3N2O3S/c1-21-10-5-3-2-4-8(10)9-6-11(13(14,15)16)18-12(17-9)7-22(19)20/h2-6,22H,7H2,1H3. The number of halogens is 3. The normalized spacial score (nSPS) is 11.7. The predicted octanol–water partition coefficient (Wildman–Crippen LogP) is 2.28. The molecule has 5 nitrogen and oxygen atoms in total. The summed E-state index contributed by atoms with van der Waals surface area (Å²) in [6, 6.07) is 7.13. The fraction of sp³-hybridized carbons (Fsp3) is 0.231. The smallest absolute Gasteiger partial charge is 0.433 e. The Labute approximate surface area is 125 Å². The Morgan fingerprint density at radius 3 is 2.45 bits per heavy atom. The zero-order valence-corrected chi connectivity index (χ0v) is 12.2. The Bertz CT molecular complexity index is 752. The third kappa shape index (κ3) is 3.73. The molecule has 0 unspecified atom stereocenters. The Kier molecular flexibility index (Phi) is 4.65. The fourth-order valence-corrected chi connectivity index (χ4v) is 2.20. The van der Waals surface area contributed by atoms with Crippen LogP contribution in [-0.4, -0.2) is 25.5 Å². The van der Waals surface area contributed by atoms with Crippen LogP contribution >= 0.6 is 0 Å². The zero-order chi connectivity index (χ0) is 16.3. The second-order valence-electron chi connectivity index (χ2n) is 4.24. The van der Waals surface area contributed by atoms with Crippen molar-refractivity contribution < 1.29 is 26.3 Å². The minimum atomic E-state index is -4.71. The number of alkyl halides is 3. The van der Waals surface area contributed by atoms with Gasteiger partial charge in [0.05, 0.1) is 12.8 Å². The van der Waals surface area contributed by atoms with Crippen molar-refractivity contribution in [2.75, 3.05) is 7.11 Å². The Morgan fingerprint density at radius 2 is 1.86 bits per heavy atom. The average Bonchev–Trinajstić information content (AvgIpc) is 2.45. The highest BCUT2D eigenvalue weighted by molar-refractivity contribution is 7.71. The van der Waals surface area contributed by atoms with Gasteiger partial charge in [0.1, 0.15) is 33.7 Å². The number of para-hydroxylation sites is 1. The summed E-state index contributed by atoms with van der Waals surface area (Å²) < 4.78 is 65.3. The summed E-state index contributed by atoms with van der Waals surface area (Å²) in [5, 5.41) is 0. The van der Waals surface area contributed by atoms with Crippen molar-refractivity contribution >= 4 is 10.7 Å². The molecule has 0 aliphatic rings. The first-order valence-corrected chi connectivity index (χ1v) is 7.38. The van der Waals surface area contributed by atoms with Crippen LogP contribution in [0.4, 0.5) is 13.2 Å². The highest BCUT2D eigenvalue weighted by Gasteiger charge is 2.34. The van der Waals surface area contributed by atoms with E-state index in [-0.39, 0.29) is 5.69 Å². The van der Waals surface area contributed by atoms with E-state index in [9.17, 15) is 21.6 Å². The van der Waals surface area contributed by atoms with Gasteiger partial charge in [-0.25, -0.2) is 18.4 Å². The van der Waals surface area contributed by atoms with E-state index in [2.05, 4.69) is 9.97 Å². The number of ether oxygens (including phenoxy) is 1. The van der Waals surface area contributed by atoms with Gasteiger partial charge < -0.3 is 4.74 Å². The minimum absolute atomic E-state index is 0.0494. The zero-order valence-electron chi connectivity index (χ0n) is 11.3. The molecule has 9 heteroatoms. The molecule has 0 saturated carbocycles. The number of benzene rings is 1. The molecule has 0 saturated heterocycles. The van der Waals surface area contributed by atoms with Crippen LogP contribution in [0.15, 0.2) is 30.3 Å². The number of methoxy groups -OCH3 is 1. The van der Waals surface area contributed by atoms with Crippen LogP contribution in [0.25, 0.3) is 11.3 Å². The number of aromatic nitrogens is 2. The summed E-state index contributed by atoms with van der Waals surface area (Å²) in [5.41, 5.74) is -0.929. The van der Waals surface area contributed by atoms with Gasteiger partial charge in [-0.3, -0.25) is 0 Å². The van der Waals surface area contributed by atoms with Crippen molar-refractivity contribution in [3.05, 3.63) is 41.9 Å². The van der Waals surface area contributed by atoms with E-state index in [1.807, 2.05) is 0 Å². The molecule has 22 heavy (non-hydrogen) atoms. The van der Waals surface area contributed by atoms with Crippen LogP contribution in [0.2, 0.25) is 0 Å². The third-order valence-electron chi connectivity index (χ3n) is 2.72. The maximum absolute atomic E-state index is 12.9. The second-order valence-corrected chi connectivity index (χ2v) is 5.23. The minimum Gasteiger partial charge on any atom is -0.496 e. The number of rotatable bonds is 4. The van der Waals surface area contributed by atoms with Crippen molar-refractivity contribution in [2.45, 2.75) is 11.9 Å². The topological polar surface area (TPSA) is 69.2 Å². The van der Waals surface area contributed by atoms with Crippen LogP contribution in [0.3, 0.4) is 0 Å². The van der Waals surface area contributed by atoms with Gasteiger partial charge in [-0.15, -0.1) is 0 Å². The molecular formula is C13H11F3N2O3S. The molecule has 0 radical (unpaired) electrons. The number of hydrogen-bond donors (Lipinski definition) is 1. The monoisotopic (exact) mass is 332 g/mol. The highest BCUT2D eigenvalue weighted by Crippen LogP contribution is 2.33. The van der Waals surface area contributed by atoms with Gasteiger partial charge in [0.15, 0.2) is 0 Å². The van der Waals surface area contributed by atoms with Gasteiger partial charge in [-0.2, -0.15) is 13.2 Å². The molecule has 0 amide bonds. The van der Waals surface area contributed by atoms with Crippen LogP contribution in [-0.2, 0) is 22.6 Å². The molecule has 2 rings (SSSR count). The molecule has 0 atom stereocenters. The van der Waals surface area contributed by atoms with Crippen molar-refractivity contribution in [1.82, 2.24) is 9.97 Å². The van der Waals surface area contributed by atoms with Crippen LogP contribution in [0.1, 0.15) is 11.5 Å². The van der Waals surface area contributed by atoms with Gasteiger partial charge in [-0.1, -0.05) is 12.1 Å². The van der Waals surface area contributed by atoms with E-state index in [0.717, 1.165) is 6.07 Å². The lowest BCUT2D eigenvalue weighted by Gasteiger charge is -2.11. The number of thiol groups is 1. The summed E-state index contributed by atoms with van der Waals surface area (Å²) in [6.07, 6.45) is -4.71. The molecule has 0 N–H and O–H groups in total. The highest BCUT2D eigenvalue weighted by atomic mass is 32.2. The predicted molar refractivity (Wildman–Crippen MR) is 73.0 cm³/mol. The van der Waals surface area contributed by atoms with Crippen molar-refractivity contribution in [1.29, 1.82) is 0 Å². The summed E-state index contributed by atoms with van der Waals surface area (Å²) in [7, 11) is -1.57. The second kappa shape index (κ2) is 6.30. The van der Waals surface area contributed by atoms with E-state index in [4.69, 9.17) is 4.74 Å². The first-order chi connectivity index (χ1) is 10.3. The van der Waals surface area contributed by atoms with E-state index in [1.165, 1.54) is 13.2 Å². The molecule has 0 bridgehead atoms. The first-order valence-electron chi connectivity index (χ1n) is 6.01. The maximum atomic E-state index is 12.9. The Balaban J connectivity index is 2.64. The van der Waals surface area contributed by atoms with Crippen LogP contribution in [0, 0.1) is 0 Å². The molecule has 0 fully saturated rings. The summed E-state index contributed by atoms with van der Waals surface area (Å²) in [5.74, 6) is -0.750. The fourth-order valence-electron chi connectivity index (χ4n) is 1.82. The third-order valence-corrected chi connectivity index (χ3v) is 3.26. The lowest BCUT2D eigenvalue weighted by Crippen LogP contribution is -2.12. The molecule has 118 valence electrons. The van der Waals surface area contributed by atoms with Crippen LogP contribution < -0.4 is 4.74 Å². The largest absolute Gasteiger partial charge is 0.496 e. The SMILES string of the molecule is COc1ccccc1-c1cc(C(F)(F)F)nc(C[SH](=O)=O)n1. The lowest BCUT2D eigenvalue weighted by atomic mass is 10.1. The Morgan fingerprint density at radius 1 is 1.18 bits per heavy atom. The molecule has 0 spiro atoms. The van der Waals surface area contributed by atoms with Gasteiger partial charge in [0.25, 0.3) is 0 Å². The summed E-state index contributed by atoms with van der Waals surface area (Å²) in [6.45, 7) is 0. The van der Waals surface area contributed by atoms with E-state index in [0.29, 0.717) is 11.3 Å². The summed E-state index contributed by atoms with van der Waals surface area (Å²) in [4.78, 5) is 7.16. The van der Waals surface area contributed by atoms with Crippen molar-refractivity contribution in [3.8, 4) is 17.0 Å². The van der Waals surface area contributed by atoms with E-state index >= 15 is 0 Å². The van der Waals surface area contributed by atoms with Gasteiger partial charge in [-0.05, 0) is 18.2 Å². The van der Waals surface area contributed by atoms with Gasteiger partial charge in [0, 0.05) is 5.56 Å². The van der Waals surface area contributed by atoms with Crippen molar-refractivity contribution in [2.24, 2.45) is 0 Å². The number of nitrogens with zero attached hydrogens (tertiary/aromatic N) is 2. The van der Waals surface area contributed by atoms with E-state index in [1.54, 1.807) is 18.2 Å². The molecule has 1 aromatic carbocycles. The van der Waals surface area contributed by atoms with Gasteiger partial charge in [0.2, 0.25) is 0 Å². The average molecular weight is 332 g/mol. The van der Waals surface area contributed by atoms with E-state index < -0.39 is 34.2 Å². The number of hydrogen-bond acceptors (Lipinski definition) is 5. The molecule has 1 heterocycles. The molecule has 0 aliphatic heterocycles. The summed E-state index contributed by atoms with van der Waals surface area (Å²) >= 11 is 0. The van der Waals surface area contributed by atoms with Gasteiger partial charge >= 0.3 is 6.18 Å². The molecule has 1 aromatic heterocycles. The lowest BCUT2D eigenvalue weighted by molar-refractivity contribution is -0.141. The first kappa shape index (κ1) is 16.2. The Hall–Kier alpha value is -2.16. The molecule has 2 aromatic rings.